The number of hydrogen-bond donors (Lipinski definition) is 1. The van der Waals surface area contributed by atoms with E-state index in [2.05, 4.69) is 15.2 Å². The molecule has 0 aliphatic rings. The summed E-state index contributed by atoms with van der Waals surface area (Å²) in [5.41, 5.74) is -2.39. The normalized spacial score (nSPS) is 15.0. The number of rotatable bonds is 6. The molecule has 0 bridgehead atoms. The highest BCUT2D eigenvalue weighted by Gasteiger charge is 2.42. The minimum atomic E-state index is -4.54. The maximum Gasteiger partial charge on any atom is 0.416 e. The first-order valence-electron chi connectivity index (χ1n) is 10.1. The zero-order chi connectivity index (χ0) is 24.0. The molecule has 2 atom stereocenters. The monoisotopic (exact) mass is 465 g/mol. The van der Waals surface area contributed by atoms with Gasteiger partial charge in [0.25, 0.3) is 0 Å². The van der Waals surface area contributed by atoms with Crippen molar-refractivity contribution in [3.8, 4) is 0 Å². The predicted octanol–water partition coefficient (Wildman–Crippen LogP) is 4.64. The summed E-state index contributed by atoms with van der Waals surface area (Å²) in [5, 5.41) is 20.6. The summed E-state index contributed by atoms with van der Waals surface area (Å²) in [6, 6.07) is 5.08. The zero-order valence-electron chi connectivity index (χ0n) is 17.7. The largest absolute Gasteiger partial charge is 0.416 e. The molecule has 0 saturated heterocycles. The maximum atomic E-state index is 14.8. The van der Waals surface area contributed by atoms with Crippen molar-refractivity contribution >= 4 is 10.9 Å². The van der Waals surface area contributed by atoms with Gasteiger partial charge >= 0.3 is 6.18 Å². The van der Waals surface area contributed by atoms with Gasteiger partial charge in [-0.3, -0.25) is 4.68 Å². The maximum absolute atomic E-state index is 14.8. The molecule has 2 aromatic carbocycles. The van der Waals surface area contributed by atoms with Crippen LogP contribution in [-0.2, 0) is 24.7 Å². The summed E-state index contributed by atoms with van der Waals surface area (Å²) < 4.78 is 70.7. The van der Waals surface area contributed by atoms with Crippen LogP contribution in [0.5, 0.6) is 0 Å². The van der Waals surface area contributed by atoms with E-state index >= 15 is 0 Å². The Morgan fingerprint density at radius 2 is 1.85 bits per heavy atom. The molecule has 0 radical (unpaired) electrons. The fourth-order valence-corrected chi connectivity index (χ4v) is 4.05. The smallest absolute Gasteiger partial charge is 0.381 e. The lowest BCUT2D eigenvalue weighted by Gasteiger charge is -2.35. The predicted molar refractivity (Wildman–Crippen MR) is 109 cm³/mol. The highest BCUT2D eigenvalue weighted by molar-refractivity contribution is 5.82. The lowest BCUT2D eigenvalue weighted by Crippen LogP contribution is -2.41. The Morgan fingerprint density at radius 1 is 1.09 bits per heavy atom. The Labute approximate surface area is 185 Å². The number of aromatic nitrogens is 5. The van der Waals surface area contributed by atoms with Crippen molar-refractivity contribution in [1.29, 1.82) is 0 Å². The van der Waals surface area contributed by atoms with Crippen LogP contribution in [0.1, 0.15) is 36.7 Å². The molecule has 0 amide bonds. The van der Waals surface area contributed by atoms with E-state index in [9.17, 15) is 27.1 Å². The van der Waals surface area contributed by atoms with Gasteiger partial charge in [-0.1, -0.05) is 19.1 Å². The second kappa shape index (κ2) is 8.22. The highest BCUT2D eigenvalue weighted by atomic mass is 19.4. The summed E-state index contributed by atoms with van der Waals surface area (Å²) >= 11 is 0. The van der Waals surface area contributed by atoms with Gasteiger partial charge in [0.1, 0.15) is 29.9 Å². The van der Waals surface area contributed by atoms with Crippen LogP contribution in [0, 0.1) is 11.6 Å². The van der Waals surface area contributed by atoms with Crippen molar-refractivity contribution in [2.75, 3.05) is 0 Å². The fourth-order valence-electron chi connectivity index (χ4n) is 4.05. The van der Waals surface area contributed by atoms with E-state index in [1.54, 1.807) is 13.8 Å². The van der Waals surface area contributed by atoms with E-state index in [4.69, 9.17) is 0 Å². The van der Waals surface area contributed by atoms with Crippen LogP contribution in [0.2, 0.25) is 0 Å². The molecule has 6 nitrogen and oxygen atoms in total. The number of alkyl halides is 3. The first kappa shape index (κ1) is 22.8. The van der Waals surface area contributed by atoms with E-state index in [0.717, 1.165) is 24.3 Å². The molecule has 0 fully saturated rings. The van der Waals surface area contributed by atoms with Crippen molar-refractivity contribution in [2.24, 2.45) is 0 Å². The summed E-state index contributed by atoms with van der Waals surface area (Å²) in [7, 11) is 0. The van der Waals surface area contributed by atoms with Crippen LogP contribution in [0.15, 0.2) is 49.1 Å². The Morgan fingerprint density at radius 3 is 2.45 bits per heavy atom. The van der Waals surface area contributed by atoms with Gasteiger partial charge in [0.05, 0.1) is 23.7 Å². The van der Waals surface area contributed by atoms with Gasteiger partial charge in [-0.25, -0.2) is 18.4 Å². The average molecular weight is 465 g/mol. The number of aryl methyl sites for hydroxylation is 1. The molecule has 0 saturated carbocycles. The van der Waals surface area contributed by atoms with E-state index in [1.807, 2.05) is 0 Å². The molecule has 4 rings (SSSR count). The molecular weight excluding hydrogens is 445 g/mol. The number of halogens is 5. The molecule has 2 heterocycles. The fraction of sp³-hybridized carbons (Fsp3) is 0.318. The second-order valence-corrected chi connectivity index (χ2v) is 7.79. The third kappa shape index (κ3) is 4.08. The molecule has 1 N–H and O–H groups in total. The molecule has 4 aromatic rings. The number of hydrogen-bond acceptors (Lipinski definition) is 4. The SMILES string of the molecule is CCc1c2ccc(C(F)(F)F)cc2nn1[C@H](C)[C@](O)(Cn1cncn1)c1ccc(F)cc1F. The lowest BCUT2D eigenvalue weighted by atomic mass is 9.86. The molecule has 0 aliphatic carbocycles. The van der Waals surface area contributed by atoms with E-state index < -0.39 is 35.0 Å². The van der Waals surface area contributed by atoms with Gasteiger partial charge in [0, 0.05) is 22.7 Å². The van der Waals surface area contributed by atoms with Gasteiger partial charge in [-0.05, 0) is 31.5 Å². The Balaban J connectivity index is 1.89. The molecule has 0 spiro atoms. The van der Waals surface area contributed by atoms with E-state index in [0.29, 0.717) is 23.6 Å². The van der Waals surface area contributed by atoms with Crippen LogP contribution in [0.25, 0.3) is 10.9 Å². The minimum absolute atomic E-state index is 0.0937. The van der Waals surface area contributed by atoms with E-state index in [1.165, 1.54) is 28.1 Å². The summed E-state index contributed by atoms with van der Waals surface area (Å²) in [6.07, 6.45) is -1.59. The standard InChI is InChI=1S/C22H20F5N5O/c1-3-20-16-6-4-14(22(25,26)27)8-19(16)30-32(20)13(2)21(33,10-31-12-28-11-29-31)17-7-5-15(23)9-18(17)24/h4-9,11-13,33H,3,10H2,1-2H3/t13-,21-/m1/s1. The summed E-state index contributed by atoms with van der Waals surface area (Å²) in [6.45, 7) is 3.10. The summed E-state index contributed by atoms with van der Waals surface area (Å²) in [5.74, 6) is -1.79. The second-order valence-electron chi connectivity index (χ2n) is 7.79. The zero-order valence-corrected chi connectivity index (χ0v) is 17.7. The van der Waals surface area contributed by atoms with Crippen molar-refractivity contribution in [1.82, 2.24) is 24.5 Å². The number of aliphatic hydroxyl groups is 1. The quantitative estimate of drug-likeness (QED) is 0.422. The third-order valence-corrected chi connectivity index (χ3v) is 5.79. The Bertz CT molecular complexity index is 1280. The van der Waals surface area contributed by atoms with Crippen LogP contribution >= 0.6 is 0 Å². The molecule has 33 heavy (non-hydrogen) atoms. The van der Waals surface area contributed by atoms with Gasteiger partial charge in [0.15, 0.2) is 0 Å². The molecule has 0 unspecified atom stereocenters. The van der Waals surface area contributed by atoms with Gasteiger partial charge in [-0.15, -0.1) is 0 Å². The van der Waals surface area contributed by atoms with Crippen LogP contribution in [0.3, 0.4) is 0 Å². The average Bonchev–Trinajstić information content (AvgIpc) is 3.38. The number of benzene rings is 2. The number of nitrogens with zero attached hydrogens (tertiary/aromatic N) is 5. The lowest BCUT2D eigenvalue weighted by molar-refractivity contribution is -0.137. The molecule has 2 aromatic heterocycles. The first-order valence-corrected chi connectivity index (χ1v) is 10.1. The third-order valence-electron chi connectivity index (χ3n) is 5.79. The Kier molecular flexibility index (Phi) is 5.69. The van der Waals surface area contributed by atoms with Crippen molar-refractivity contribution in [3.05, 3.63) is 77.5 Å². The molecule has 0 aliphatic heterocycles. The minimum Gasteiger partial charge on any atom is -0.381 e. The molecule has 174 valence electrons. The van der Waals surface area contributed by atoms with Gasteiger partial charge in [-0.2, -0.15) is 23.4 Å². The van der Waals surface area contributed by atoms with Crippen molar-refractivity contribution < 1.29 is 27.1 Å². The Hall–Kier alpha value is -3.34. The topological polar surface area (TPSA) is 68.8 Å². The van der Waals surface area contributed by atoms with Crippen molar-refractivity contribution in [3.63, 3.8) is 0 Å². The van der Waals surface area contributed by atoms with Crippen molar-refractivity contribution in [2.45, 2.75) is 44.6 Å². The number of fused-ring (bicyclic) bond motifs is 1. The van der Waals surface area contributed by atoms with Crippen LogP contribution in [-0.4, -0.2) is 29.7 Å². The molecule has 11 heteroatoms. The first-order chi connectivity index (χ1) is 15.5. The molecular formula is C22H20F5N5O. The van der Waals surface area contributed by atoms with Crippen LogP contribution in [0.4, 0.5) is 22.0 Å². The van der Waals surface area contributed by atoms with Crippen LogP contribution < -0.4 is 0 Å². The van der Waals surface area contributed by atoms with Gasteiger partial charge in [0.2, 0.25) is 0 Å². The summed E-state index contributed by atoms with van der Waals surface area (Å²) in [4.78, 5) is 3.83. The van der Waals surface area contributed by atoms with E-state index in [-0.39, 0.29) is 17.6 Å². The highest BCUT2D eigenvalue weighted by Crippen LogP contribution is 2.39. The van der Waals surface area contributed by atoms with Gasteiger partial charge < -0.3 is 5.11 Å².